The lowest BCUT2D eigenvalue weighted by Crippen LogP contribution is -2.49. The summed E-state index contributed by atoms with van der Waals surface area (Å²) in [5, 5.41) is 11.6. The van der Waals surface area contributed by atoms with Gasteiger partial charge in [-0.2, -0.15) is 0 Å². The van der Waals surface area contributed by atoms with Crippen LogP contribution in [0.4, 0.5) is 0 Å². The second kappa shape index (κ2) is 17.5. The van der Waals surface area contributed by atoms with Crippen molar-refractivity contribution < 1.29 is 42.7 Å². The number of hydrogen-bond donors (Lipinski definition) is 1. The molecule has 1 N–H and O–H groups in total. The van der Waals surface area contributed by atoms with Gasteiger partial charge in [-0.25, -0.2) is 24.7 Å². The van der Waals surface area contributed by atoms with Crippen molar-refractivity contribution in [3.63, 3.8) is 0 Å². The number of benzene rings is 3. The summed E-state index contributed by atoms with van der Waals surface area (Å²) in [5.74, 6) is 1.96. The van der Waals surface area contributed by atoms with Crippen LogP contribution < -0.4 is 23.7 Å². The number of nitrogens with zero attached hydrogens (tertiary/aromatic N) is 6. The molecule has 7 heterocycles. The summed E-state index contributed by atoms with van der Waals surface area (Å²) >= 11 is 7.18. The Morgan fingerprint density at radius 2 is 1.79 bits per heavy atom. The monoisotopic (exact) mass is 848 g/mol. The molecule has 6 aromatic rings. The van der Waals surface area contributed by atoms with Crippen molar-refractivity contribution in [3.05, 3.63) is 101 Å². The molecule has 0 radical (unpaired) electrons. The molecule has 3 aromatic heterocycles. The number of furan rings is 1. The Bertz CT molecular complexity index is 2560. The predicted molar refractivity (Wildman–Crippen MR) is 225 cm³/mol. The normalized spacial score (nSPS) is 18.7. The number of carbonyl (C=O) groups is 1. The molecule has 61 heavy (non-hydrogen) atoms. The van der Waals surface area contributed by atoms with E-state index in [1.165, 1.54) is 6.33 Å². The molecule has 0 unspecified atom stereocenters. The number of halogens is 1. The lowest BCUT2D eigenvalue weighted by molar-refractivity contribution is -0.145. The van der Waals surface area contributed by atoms with Gasteiger partial charge in [0.1, 0.15) is 59.8 Å². The third-order valence-electron chi connectivity index (χ3n) is 11.3. The molecule has 4 bridgehead atoms. The highest BCUT2D eigenvalue weighted by atomic mass is 35.5. The fourth-order valence-corrected chi connectivity index (χ4v) is 8.04. The molecule has 2 atom stereocenters. The number of hydrogen-bond acceptors (Lipinski definition) is 14. The van der Waals surface area contributed by atoms with E-state index in [0.29, 0.717) is 81.6 Å². The second-order valence-electron chi connectivity index (χ2n) is 15.4. The largest absolute Gasteiger partial charge is 0.496 e. The minimum atomic E-state index is -1.42. The van der Waals surface area contributed by atoms with Crippen LogP contribution >= 0.6 is 11.6 Å². The molecule has 0 saturated carbocycles. The average Bonchev–Trinajstić information content (AvgIpc) is 3.62. The molecule has 3 aromatic carbocycles. The van der Waals surface area contributed by atoms with Crippen LogP contribution in [0.3, 0.4) is 0 Å². The number of para-hydroxylation sites is 1. The van der Waals surface area contributed by atoms with Crippen LogP contribution in [0, 0.1) is 6.92 Å². The first-order chi connectivity index (χ1) is 29.7. The van der Waals surface area contributed by atoms with Crippen LogP contribution in [0.1, 0.15) is 28.5 Å². The lowest BCUT2D eigenvalue weighted by Gasteiger charge is -2.34. The highest BCUT2D eigenvalue weighted by Gasteiger charge is 2.34. The average molecular weight is 849 g/mol. The molecule has 16 heteroatoms. The fourth-order valence-electron chi connectivity index (χ4n) is 7.84. The molecule has 0 aliphatic carbocycles. The molecule has 4 aliphatic rings. The number of likely N-dealkylation sites (N-methyl/N-ethyl adjacent to an activating group) is 1. The first-order valence-electron chi connectivity index (χ1n) is 20.2. The van der Waals surface area contributed by atoms with Crippen LogP contribution in [-0.2, 0) is 22.6 Å². The van der Waals surface area contributed by atoms with Crippen molar-refractivity contribution in [1.82, 2.24) is 29.7 Å². The van der Waals surface area contributed by atoms with Gasteiger partial charge in [-0.15, -0.1) is 0 Å². The molecular weight excluding hydrogens is 804 g/mol. The van der Waals surface area contributed by atoms with E-state index in [1.54, 1.807) is 37.6 Å². The standard InChI is InChI=1S/C45H45ClN6O9/c1-26-32-9-11-36(40(26)46)59-31(20-52-16-14-51(2)15-17-52)24-57-30-8-10-34(58-23-29-12-13-47-42(50-29)33-6-4-5-7-35(33)55-3)27(18-30)19-37(45(53)54)60-43-39-38(32)41(28-21-56-22-28)61-44(39)49-25-48-43/h4-13,18,25,28,31,37H,14-17,19-24H2,1-3H3,(H,53,54)/t31-,37-/m1/s1. The van der Waals surface area contributed by atoms with Gasteiger partial charge in [-0.1, -0.05) is 29.8 Å². The Hall–Kier alpha value is -6.00. The molecule has 4 aliphatic heterocycles. The molecule has 2 saturated heterocycles. The van der Waals surface area contributed by atoms with Crippen LogP contribution in [0.25, 0.3) is 33.6 Å². The third-order valence-corrected chi connectivity index (χ3v) is 11.8. The van der Waals surface area contributed by atoms with Gasteiger partial charge in [-0.05, 0) is 67.6 Å². The van der Waals surface area contributed by atoms with Crippen molar-refractivity contribution in [3.8, 4) is 51.4 Å². The number of carboxylic acids is 1. The number of carboxylic acid groups (broad SMARTS) is 1. The number of aromatic nitrogens is 4. The van der Waals surface area contributed by atoms with Crippen LogP contribution in [0.15, 0.2) is 77.6 Å². The summed E-state index contributed by atoms with van der Waals surface area (Å²) in [6, 6.07) is 18.4. The second-order valence-corrected chi connectivity index (χ2v) is 15.8. The molecule has 2 fully saturated rings. The highest BCUT2D eigenvalue weighted by Crippen LogP contribution is 2.47. The van der Waals surface area contributed by atoms with Gasteiger partial charge in [-0.3, -0.25) is 4.90 Å². The van der Waals surface area contributed by atoms with Crippen molar-refractivity contribution >= 4 is 28.7 Å². The van der Waals surface area contributed by atoms with Gasteiger partial charge in [0, 0.05) is 56.5 Å². The quantitative estimate of drug-likeness (QED) is 0.168. The Labute approximate surface area is 357 Å². The summed E-state index contributed by atoms with van der Waals surface area (Å²) in [5.41, 5.74) is 4.28. The maximum atomic E-state index is 13.1. The number of methoxy groups -OCH3 is 1. The zero-order valence-electron chi connectivity index (χ0n) is 34.0. The highest BCUT2D eigenvalue weighted by molar-refractivity contribution is 6.33. The summed E-state index contributed by atoms with van der Waals surface area (Å²) in [7, 11) is 3.72. The molecular formula is C45H45ClN6O9. The topological polar surface area (TPSA) is 164 Å². The van der Waals surface area contributed by atoms with Gasteiger partial charge in [0.2, 0.25) is 17.7 Å². The predicted octanol–water partition coefficient (Wildman–Crippen LogP) is 6.47. The van der Waals surface area contributed by atoms with Crippen LogP contribution in [0.5, 0.6) is 28.9 Å². The molecule has 316 valence electrons. The minimum absolute atomic E-state index is 0.0507. The first-order valence-corrected chi connectivity index (χ1v) is 20.6. The number of rotatable bonds is 9. The Morgan fingerprint density at radius 3 is 2.57 bits per heavy atom. The lowest BCUT2D eigenvalue weighted by atomic mass is 9.92. The smallest absolute Gasteiger partial charge is 0.345 e. The van der Waals surface area contributed by atoms with Crippen molar-refractivity contribution in [2.75, 3.05) is 66.7 Å². The van der Waals surface area contributed by atoms with E-state index in [4.69, 9.17) is 49.4 Å². The van der Waals surface area contributed by atoms with Crippen LogP contribution in [0.2, 0.25) is 5.02 Å². The van der Waals surface area contributed by atoms with Crippen LogP contribution in [-0.4, -0.2) is 120 Å². The first kappa shape index (κ1) is 40.4. The minimum Gasteiger partial charge on any atom is -0.496 e. The zero-order valence-corrected chi connectivity index (χ0v) is 34.8. The maximum Gasteiger partial charge on any atom is 0.345 e. The third kappa shape index (κ3) is 8.51. The summed E-state index contributed by atoms with van der Waals surface area (Å²) in [6.45, 7) is 7.31. The van der Waals surface area contributed by atoms with Gasteiger partial charge in [0.15, 0.2) is 5.82 Å². The SMILES string of the molecule is COc1ccccc1-c1nccc(COc2ccc3cc2C[C@H](C(=O)O)Oc2ncnc4oc(C5COC5)c(c24)-c2ccc(c(Cl)c2C)O[C@H](CN2CCN(C)CC2)CO3)n1. The Balaban J connectivity index is 1.11. The van der Waals surface area contributed by atoms with E-state index in [2.05, 4.69) is 31.8 Å². The van der Waals surface area contributed by atoms with E-state index in [1.807, 2.05) is 43.3 Å². The number of ether oxygens (including phenoxy) is 6. The van der Waals surface area contributed by atoms with E-state index >= 15 is 0 Å². The molecule has 15 nitrogen and oxygen atoms in total. The summed E-state index contributed by atoms with van der Waals surface area (Å²) in [6.07, 6.45) is 1.02. The van der Waals surface area contributed by atoms with Gasteiger partial charge >= 0.3 is 5.97 Å². The van der Waals surface area contributed by atoms with Crippen molar-refractivity contribution in [2.45, 2.75) is 38.1 Å². The van der Waals surface area contributed by atoms with E-state index in [-0.39, 0.29) is 37.1 Å². The van der Waals surface area contributed by atoms with Crippen molar-refractivity contribution in [2.24, 2.45) is 0 Å². The van der Waals surface area contributed by atoms with Gasteiger partial charge in [0.25, 0.3) is 0 Å². The molecule has 10 rings (SSSR count). The summed E-state index contributed by atoms with van der Waals surface area (Å²) in [4.78, 5) is 36.0. The van der Waals surface area contributed by atoms with E-state index < -0.39 is 18.2 Å². The summed E-state index contributed by atoms with van der Waals surface area (Å²) < 4.78 is 43.5. The van der Waals surface area contributed by atoms with Crippen molar-refractivity contribution in [1.29, 1.82) is 0 Å². The maximum absolute atomic E-state index is 13.1. The van der Waals surface area contributed by atoms with E-state index in [9.17, 15) is 9.90 Å². The molecule has 0 amide bonds. The Morgan fingerprint density at radius 1 is 0.951 bits per heavy atom. The van der Waals surface area contributed by atoms with Gasteiger partial charge in [0.05, 0.1) is 42.5 Å². The van der Waals surface area contributed by atoms with Gasteiger partial charge < -0.3 is 42.8 Å². The number of aliphatic carboxylic acids is 1. The zero-order chi connectivity index (χ0) is 42.0. The Kier molecular flexibility index (Phi) is 11.6. The molecule has 0 spiro atoms. The number of fused-ring (bicyclic) bond motifs is 7. The fraction of sp³-hybridized carbons (Fsp3) is 0.356. The van der Waals surface area contributed by atoms with E-state index in [0.717, 1.165) is 42.9 Å². The number of piperazine rings is 1.